The van der Waals surface area contributed by atoms with Gasteiger partial charge < -0.3 is 14.6 Å². The molecular formula is C18H19N3O4S. The minimum atomic E-state index is -3.72. The SMILES string of the molecule is Cc1occc1C(=O)N1CCC[C@H](C2=NS(=O)(=O)c3ccccc3N2)C1. The van der Waals surface area contributed by atoms with Crippen molar-refractivity contribution in [3.05, 3.63) is 47.9 Å². The number of likely N-dealkylation sites (tertiary alicyclic amines) is 1. The summed E-state index contributed by atoms with van der Waals surface area (Å²) >= 11 is 0. The molecule has 0 aliphatic carbocycles. The van der Waals surface area contributed by atoms with Crippen LogP contribution in [0.4, 0.5) is 5.69 Å². The Kier molecular flexibility index (Phi) is 4.07. The molecule has 136 valence electrons. The van der Waals surface area contributed by atoms with E-state index in [2.05, 4.69) is 9.71 Å². The number of amides is 1. The van der Waals surface area contributed by atoms with Crippen molar-refractivity contribution in [3.8, 4) is 0 Å². The summed E-state index contributed by atoms with van der Waals surface area (Å²) in [7, 11) is -3.72. The number of nitrogens with one attached hydrogen (secondary N) is 1. The first kappa shape index (κ1) is 16.8. The number of furan rings is 1. The molecular weight excluding hydrogens is 354 g/mol. The van der Waals surface area contributed by atoms with Crippen molar-refractivity contribution < 1.29 is 17.6 Å². The highest BCUT2D eigenvalue weighted by Crippen LogP contribution is 2.30. The van der Waals surface area contributed by atoms with Gasteiger partial charge in [0, 0.05) is 19.0 Å². The summed E-state index contributed by atoms with van der Waals surface area (Å²) in [4.78, 5) is 14.6. The van der Waals surface area contributed by atoms with Gasteiger partial charge in [0.15, 0.2) is 0 Å². The van der Waals surface area contributed by atoms with Crippen LogP contribution in [0.5, 0.6) is 0 Å². The normalized spacial score (nSPS) is 21.5. The predicted molar refractivity (Wildman–Crippen MR) is 96.8 cm³/mol. The number of benzene rings is 1. The Bertz CT molecular complexity index is 993. The molecule has 0 spiro atoms. The standard InChI is InChI=1S/C18H19N3O4S/c1-12-14(8-10-25-12)18(22)21-9-4-5-13(11-21)17-19-15-6-2-3-7-16(15)26(23,24)20-17/h2-3,6-8,10,13H,4-5,9,11H2,1H3,(H,19,20)/t13-/m0/s1. The van der Waals surface area contributed by atoms with Crippen LogP contribution < -0.4 is 5.32 Å². The minimum absolute atomic E-state index is 0.0967. The fraction of sp³-hybridized carbons (Fsp3) is 0.333. The molecule has 1 fully saturated rings. The van der Waals surface area contributed by atoms with E-state index in [0.717, 1.165) is 12.8 Å². The van der Waals surface area contributed by atoms with Gasteiger partial charge in [0.05, 0.1) is 17.5 Å². The van der Waals surface area contributed by atoms with E-state index in [1.54, 1.807) is 36.1 Å². The maximum absolute atomic E-state index is 12.7. The number of rotatable bonds is 2. The molecule has 1 aromatic heterocycles. The molecule has 0 saturated carbocycles. The van der Waals surface area contributed by atoms with E-state index in [1.807, 2.05) is 0 Å². The van der Waals surface area contributed by atoms with Gasteiger partial charge in [0.25, 0.3) is 15.9 Å². The number of hydrogen-bond donors (Lipinski definition) is 1. The van der Waals surface area contributed by atoms with Gasteiger partial charge in [-0.1, -0.05) is 12.1 Å². The summed E-state index contributed by atoms with van der Waals surface area (Å²) in [6.45, 7) is 2.81. The van der Waals surface area contributed by atoms with Crippen LogP contribution in [0, 0.1) is 12.8 Å². The van der Waals surface area contributed by atoms with Gasteiger partial charge in [0.2, 0.25) is 0 Å². The predicted octanol–water partition coefficient (Wildman–Crippen LogP) is 2.65. The second kappa shape index (κ2) is 6.28. The van der Waals surface area contributed by atoms with Gasteiger partial charge in [-0.2, -0.15) is 8.42 Å². The van der Waals surface area contributed by atoms with Gasteiger partial charge in [-0.25, -0.2) is 0 Å². The number of carbonyl (C=O) groups excluding carboxylic acids is 1. The number of amidine groups is 1. The molecule has 2 aliphatic heterocycles. The summed E-state index contributed by atoms with van der Waals surface area (Å²) < 4.78 is 34.1. The lowest BCUT2D eigenvalue weighted by atomic mass is 9.96. The lowest BCUT2D eigenvalue weighted by Crippen LogP contribution is -2.44. The summed E-state index contributed by atoms with van der Waals surface area (Å²) in [6, 6.07) is 8.38. The Labute approximate surface area is 151 Å². The summed E-state index contributed by atoms with van der Waals surface area (Å²) in [5.74, 6) is 0.746. The summed E-state index contributed by atoms with van der Waals surface area (Å²) in [5, 5.41) is 3.14. The van der Waals surface area contributed by atoms with Crippen molar-refractivity contribution in [2.24, 2.45) is 10.3 Å². The Morgan fingerprint density at radius 1 is 1.31 bits per heavy atom. The van der Waals surface area contributed by atoms with E-state index in [9.17, 15) is 13.2 Å². The van der Waals surface area contributed by atoms with E-state index in [-0.39, 0.29) is 16.7 Å². The summed E-state index contributed by atoms with van der Waals surface area (Å²) in [6.07, 6.45) is 3.06. The van der Waals surface area contributed by atoms with Crippen LogP contribution in [-0.4, -0.2) is 38.2 Å². The van der Waals surface area contributed by atoms with Crippen LogP contribution in [0.3, 0.4) is 0 Å². The fourth-order valence-electron chi connectivity index (χ4n) is 3.47. The molecule has 0 radical (unpaired) electrons. The quantitative estimate of drug-likeness (QED) is 0.874. The van der Waals surface area contributed by atoms with E-state index in [4.69, 9.17) is 4.42 Å². The molecule has 0 unspecified atom stereocenters. The Morgan fingerprint density at radius 3 is 2.88 bits per heavy atom. The van der Waals surface area contributed by atoms with Crippen LogP contribution in [0.2, 0.25) is 0 Å². The molecule has 2 aliphatic rings. The molecule has 7 nitrogen and oxygen atoms in total. The highest BCUT2D eigenvalue weighted by Gasteiger charge is 2.33. The topological polar surface area (TPSA) is 92.0 Å². The molecule has 1 saturated heterocycles. The molecule has 1 aromatic carbocycles. The molecule has 1 N–H and O–H groups in total. The lowest BCUT2D eigenvalue weighted by molar-refractivity contribution is 0.0701. The third kappa shape index (κ3) is 2.90. The molecule has 3 heterocycles. The second-order valence-corrected chi connectivity index (χ2v) is 8.13. The highest BCUT2D eigenvalue weighted by atomic mass is 32.2. The maximum atomic E-state index is 12.7. The van der Waals surface area contributed by atoms with E-state index in [1.165, 1.54) is 12.3 Å². The Morgan fingerprint density at radius 2 is 2.12 bits per heavy atom. The van der Waals surface area contributed by atoms with Crippen LogP contribution in [-0.2, 0) is 10.0 Å². The van der Waals surface area contributed by atoms with Gasteiger partial charge >= 0.3 is 0 Å². The monoisotopic (exact) mass is 373 g/mol. The van der Waals surface area contributed by atoms with Crippen molar-refractivity contribution in [1.29, 1.82) is 0 Å². The molecule has 1 amide bonds. The number of para-hydroxylation sites is 1. The number of aryl methyl sites for hydroxylation is 1. The van der Waals surface area contributed by atoms with Crippen LogP contribution in [0.15, 0.2) is 50.3 Å². The van der Waals surface area contributed by atoms with Gasteiger partial charge in [0.1, 0.15) is 16.5 Å². The lowest BCUT2D eigenvalue weighted by Gasteiger charge is -2.34. The van der Waals surface area contributed by atoms with Crippen molar-refractivity contribution in [1.82, 2.24) is 4.90 Å². The van der Waals surface area contributed by atoms with Crippen molar-refractivity contribution in [3.63, 3.8) is 0 Å². The van der Waals surface area contributed by atoms with E-state index < -0.39 is 10.0 Å². The number of piperidine rings is 1. The van der Waals surface area contributed by atoms with Crippen molar-refractivity contribution in [2.45, 2.75) is 24.7 Å². The van der Waals surface area contributed by atoms with Crippen LogP contribution in [0.1, 0.15) is 29.0 Å². The van der Waals surface area contributed by atoms with E-state index >= 15 is 0 Å². The smallest absolute Gasteiger partial charge is 0.286 e. The Hall–Kier alpha value is -2.61. The molecule has 26 heavy (non-hydrogen) atoms. The summed E-state index contributed by atoms with van der Waals surface area (Å²) in [5.41, 5.74) is 1.08. The van der Waals surface area contributed by atoms with Crippen LogP contribution in [0.25, 0.3) is 0 Å². The number of hydrogen-bond acceptors (Lipinski definition) is 5. The van der Waals surface area contributed by atoms with Crippen molar-refractivity contribution in [2.75, 3.05) is 18.4 Å². The fourth-order valence-corrected chi connectivity index (χ4v) is 4.67. The first-order valence-electron chi connectivity index (χ1n) is 8.50. The van der Waals surface area contributed by atoms with Gasteiger partial charge in [-0.15, -0.1) is 4.40 Å². The molecule has 0 bridgehead atoms. The molecule has 8 heteroatoms. The number of fused-ring (bicyclic) bond motifs is 1. The number of sulfonamides is 1. The number of nitrogens with zero attached hydrogens (tertiary/aromatic N) is 2. The molecule has 4 rings (SSSR count). The average Bonchev–Trinajstić information content (AvgIpc) is 3.06. The Balaban J connectivity index is 1.58. The highest BCUT2D eigenvalue weighted by molar-refractivity contribution is 7.90. The first-order chi connectivity index (χ1) is 12.5. The zero-order chi connectivity index (χ0) is 18.3. The number of carbonyl (C=O) groups is 1. The van der Waals surface area contributed by atoms with E-state index in [0.29, 0.717) is 35.9 Å². The third-order valence-corrected chi connectivity index (χ3v) is 6.18. The second-order valence-electron chi connectivity index (χ2n) is 6.55. The number of anilines is 1. The third-order valence-electron chi connectivity index (χ3n) is 4.83. The maximum Gasteiger partial charge on any atom is 0.286 e. The van der Waals surface area contributed by atoms with Crippen molar-refractivity contribution >= 4 is 27.5 Å². The van der Waals surface area contributed by atoms with Crippen LogP contribution >= 0.6 is 0 Å². The first-order valence-corrected chi connectivity index (χ1v) is 9.94. The zero-order valence-corrected chi connectivity index (χ0v) is 15.1. The molecule has 2 aromatic rings. The molecule has 1 atom stereocenters. The van der Waals surface area contributed by atoms with Gasteiger partial charge in [-0.05, 0) is 38.0 Å². The van der Waals surface area contributed by atoms with Gasteiger partial charge in [-0.3, -0.25) is 4.79 Å². The zero-order valence-electron chi connectivity index (χ0n) is 14.3. The average molecular weight is 373 g/mol. The largest absolute Gasteiger partial charge is 0.469 e. The minimum Gasteiger partial charge on any atom is -0.469 e.